The second-order valence-corrected chi connectivity index (χ2v) is 5.25. The fraction of sp³-hybridized carbons (Fsp3) is 0.0667. The second kappa shape index (κ2) is 4.30. The van der Waals surface area contributed by atoms with Crippen LogP contribution in [0.15, 0.2) is 64.5 Å². The Morgan fingerprint density at radius 1 is 0.941 bits per heavy atom. The van der Waals surface area contributed by atoms with Crippen LogP contribution in [0.2, 0.25) is 0 Å². The molecule has 0 bridgehead atoms. The van der Waals surface area contributed by atoms with Gasteiger partial charge in [-0.3, -0.25) is 0 Å². The number of aryl methyl sites for hydroxylation is 1. The van der Waals surface area contributed by atoms with Gasteiger partial charge in [0.15, 0.2) is 0 Å². The maximum absolute atomic E-state index is 3.42. The third-order valence-electron chi connectivity index (χ3n) is 2.75. The van der Waals surface area contributed by atoms with Crippen LogP contribution in [0, 0.1) is 6.92 Å². The molecule has 0 aliphatic carbocycles. The molecular formula is C15H13NS. The summed E-state index contributed by atoms with van der Waals surface area (Å²) in [5, 5.41) is 2.46. The Morgan fingerprint density at radius 2 is 1.71 bits per heavy atom. The zero-order valence-electron chi connectivity index (χ0n) is 9.60. The Morgan fingerprint density at radius 3 is 2.47 bits per heavy atom. The summed E-state index contributed by atoms with van der Waals surface area (Å²) in [6.07, 6.45) is 0. The summed E-state index contributed by atoms with van der Waals surface area (Å²) in [6.45, 7) is 2.11. The Bertz CT molecular complexity index is 604. The van der Waals surface area contributed by atoms with Gasteiger partial charge in [-0.25, -0.2) is 0 Å². The summed E-state index contributed by atoms with van der Waals surface area (Å²) in [6, 6.07) is 19.2. The lowest BCUT2D eigenvalue weighted by Crippen LogP contribution is -1.74. The summed E-state index contributed by atoms with van der Waals surface area (Å²) in [5.74, 6) is 0. The van der Waals surface area contributed by atoms with Crippen molar-refractivity contribution in [3.05, 3.63) is 60.2 Å². The first kappa shape index (κ1) is 10.5. The highest BCUT2D eigenvalue weighted by Crippen LogP contribution is 2.29. The van der Waals surface area contributed by atoms with Gasteiger partial charge in [-0.15, -0.1) is 0 Å². The molecule has 0 spiro atoms. The Hall–Kier alpha value is -1.67. The molecule has 3 aromatic rings. The SMILES string of the molecule is Cc1ccc(Sc2cc3ccccc3[nH]2)cc1. The van der Waals surface area contributed by atoms with E-state index >= 15 is 0 Å². The minimum atomic E-state index is 1.19. The van der Waals surface area contributed by atoms with Gasteiger partial charge < -0.3 is 4.98 Å². The number of H-pyrrole nitrogens is 1. The van der Waals surface area contributed by atoms with Crippen molar-refractivity contribution in [3.63, 3.8) is 0 Å². The first-order chi connectivity index (χ1) is 8.31. The summed E-state index contributed by atoms with van der Waals surface area (Å²) in [7, 11) is 0. The molecule has 0 atom stereocenters. The highest BCUT2D eigenvalue weighted by molar-refractivity contribution is 7.99. The van der Waals surface area contributed by atoms with Gasteiger partial charge in [0.05, 0.1) is 5.03 Å². The normalized spacial score (nSPS) is 10.9. The van der Waals surface area contributed by atoms with Crippen molar-refractivity contribution >= 4 is 22.7 Å². The lowest BCUT2D eigenvalue weighted by Gasteiger charge is -1.98. The molecule has 0 aliphatic heterocycles. The van der Waals surface area contributed by atoms with Crippen LogP contribution in [0.25, 0.3) is 10.9 Å². The van der Waals surface area contributed by atoms with Gasteiger partial charge in [0, 0.05) is 15.8 Å². The fourth-order valence-electron chi connectivity index (χ4n) is 1.84. The lowest BCUT2D eigenvalue weighted by molar-refractivity contribution is 1.23. The van der Waals surface area contributed by atoms with E-state index in [0.717, 1.165) is 0 Å². The van der Waals surface area contributed by atoms with Gasteiger partial charge in [-0.1, -0.05) is 47.7 Å². The number of aromatic nitrogens is 1. The minimum Gasteiger partial charge on any atom is -0.349 e. The van der Waals surface area contributed by atoms with Gasteiger partial charge >= 0.3 is 0 Å². The number of para-hydroxylation sites is 1. The maximum atomic E-state index is 3.42. The van der Waals surface area contributed by atoms with E-state index < -0.39 is 0 Å². The van der Waals surface area contributed by atoms with E-state index in [2.05, 4.69) is 66.5 Å². The molecule has 0 saturated heterocycles. The predicted molar refractivity (Wildman–Crippen MR) is 73.6 cm³/mol. The zero-order chi connectivity index (χ0) is 11.7. The van der Waals surface area contributed by atoms with Crippen molar-refractivity contribution in [2.24, 2.45) is 0 Å². The standard InChI is InChI=1S/C15H13NS/c1-11-6-8-13(9-7-11)17-15-10-12-4-2-3-5-14(12)16-15/h2-10,16H,1H3. The van der Waals surface area contributed by atoms with Crippen molar-refractivity contribution in [2.45, 2.75) is 16.8 Å². The first-order valence-electron chi connectivity index (χ1n) is 5.63. The van der Waals surface area contributed by atoms with Crippen LogP contribution in [0.1, 0.15) is 5.56 Å². The third-order valence-corrected chi connectivity index (χ3v) is 3.70. The van der Waals surface area contributed by atoms with Crippen LogP contribution in [-0.4, -0.2) is 4.98 Å². The van der Waals surface area contributed by atoms with Gasteiger partial charge in [0.1, 0.15) is 0 Å². The van der Waals surface area contributed by atoms with E-state index in [9.17, 15) is 0 Å². The van der Waals surface area contributed by atoms with Crippen LogP contribution < -0.4 is 0 Å². The Balaban J connectivity index is 1.92. The molecule has 1 heterocycles. The van der Waals surface area contributed by atoms with Crippen molar-refractivity contribution in [1.29, 1.82) is 0 Å². The zero-order valence-corrected chi connectivity index (χ0v) is 10.4. The molecule has 2 aromatic carbocycles. The van der Waals surface area contributed by atoms with E-state index in [-0.39, 0.29) is 0 Å². The molecule has 0 aliphatic rings. The lowest BCUT2D eigenvalue weighted by atomic mass is 10.2. The molecular weight excluding hydrogens is 226 g/mol. The van der Waals surface area contributed by atoms with Gasteiger partial charge in [-0.05, 0) is 31.2 Å². The quantitative estimate of drug-likeness (QED) is 0.689. The van der Waals surface area contributed by atoms with Gasteiger partial charge in [0.2, 0.25) is 0 Å². The molecule has 84 valence electrons. The highest BCUT2D eigenvalue weighted by Gasteiger charge is 2.01. The van der Waals surface area contributed by atoms with E-state index in [4.69, 9.17) is 0 Å². The molecule has 0 radical (unpaired) electrons. The number of hydrogen-bond acceptors (Lipinski definition) is 1. The first-order valence-corrected chi connectivity index (χ1v) is 6.45. The van der Waals surface area contributed by atoms with Crippen LogP contribution in [0.3, 0.4) is 0 Å². The average Bonchev–Trinajstić information content (AvgIpc) is 2.74. The third kappa shape index (κ3) is 2.22. The number of fused-ring (bicyclic) bond motifs is 1. The number of benzene rings is 2. The Kier molecular flexibility index (Phi) is 2.65. The maximum Gasteiger partial charge on any atom is 0.0780 e. The molecule has 0 amide bonds. The summed E-state index contributed by atoms with van der Waals surface area (Å²) < 4.78 is 0. The van der Waals surface area contributed by atoms with E-state index in [1.165, 1.54) is 26.4 Å². The second-order valence-electron chi connectivity index (χ2n) is 4.14. The number of hydrogen-bond donors (Lipinski definition) is 1. The number of nitrogens with one attached hydrogen (secondary N) is 1. The molecule has 1 N–H and O–H groups in total. The van der Waals surface area contributed by atoms with E-state index in [1.807, 2.05) is 0 Å². The van der Waals surface area contributed by atoms with Gasteiger partial charge in [0.25, 0.3) is 0 Å². The monoisotopic (exact) mass is 239 g/mol. The van der Waals surface area contributed by atoms with Crippen LogP contribution in [0.5, 0.6) is 0 Å². The smallest absolute Gasteiger partial charge is 0.0780 e. The molecule has 0 fully saturated rings. The molecule has 17 heavy (non-hydrogen) atoms. The van der Waals surface area contributed by atoms with Crippen molar-refractivity contribution in [1.82, 2.24) is 4.98 Å². The largest absolute Gasteiger partial charge is 0.349 e. The highest BCUT2D eigenvalue weighted by atomic mass is 32.2. The predicted octanol–water partition coefficient (Wildman–Crippen LogP) is 4.63. The van der Waals surface area contributed by atoms with Gasteiger partial charge in [-0.2, -0.15) is 0 Å². The molecule has 1 nitrogen and oxygen atoms in total. The summed E-state index contributed by atoms with van der Waals surface area (Å²) >= 11 is 1.77. The fourth-order valence-corrected chi connectivity index (χ4v) is 2.71. The van der Waals surface area contributed by atoms with E-state index in [1.54, 1.807) is 11.8 Å². The van der Waals surface area contributed by atoms with Crippen molar-refractivity contribution in [3.8, 4) is 0 Å². The number of rotatable bonds is 2. The molecule has 1 aromatic heterocycles. The molecule has 2 heteroatoms. The molecule has 0 saturated carbocycles. The average molecular weight is 239 g/mol. The van der Waals surface area contributed by atoms with Crippen molar-refractivity contribution in [2.75, 3.05) is 0 Å². The van der Waals surface area contributed by atoms with Crippen LogP contribution in [-0.2, 0) is 0 Å². The number of aromatic amines is 1. The topological polar surface area (TPSA) is 15.8 Å². The van der Waals surface area contributed by atoms with Crippen molar-refractivity contribution < 1.29 is 0 Å². The Labute approximate surface area is 105 Å². The molecule has 0 unspecified atom stereocenters. The summed E-state index contributed by atoms with van der Waals surface area (Å²) in [5.41, 5.74) is 2.49. The molecule has 3 rings (SSSR count). The van der Waals surface area contributed by atoms with Crippen LogP contribution in [0.4, 0.5) is 0 Å². The van der Waals surface area contributed by atoms with E-state index in [0.29, 0.717) is 0 Å². The van der Waals surface area contributed by atoms with Crippen LogP contribution >= 0.6 is 11.8 Å². The summed E-state index contributed by atoms with van der Waals surface area (Å²) in [4.78, 5) is 4.69. The minimum absolute atomic E-state index is 1.19.